The molecule has 5 rings (SSSR count). The molecule has 0 radical (unpaired) electrons. The van der Waals surface area contributed by atoms with Crippen molar-refractivity contribution in [1.82, 2.24) is 20.4 Å². The van der Waals surface area contributed by atoms with Gasteiger partial charge in [-0.1, -0.05) is 6.07 Å². The van der Waals surface area contributed by atoms with Crippen LogP contribution in [0.3, 0.4) is 0 Å². The number of imide groups is 1. The topological polar surface area (TPSA) is 111 Å². The molecule has 1 aliphatic carbocycles. The molecule has 0 spiro atoms. The molecule has 9 heteroatoms. The van der Waals surface area contributed by atoms with Gasteiger partial charge in [-0.25, -0.2) is 0 Å². The molecule has 0 aromatic heterocycles. The fourth-order valence-electron chi connectivity index (χ4n) is 5.94. The van der Waals surface area contributed by atoms with Gasteiger partial charge < -0.3 is 20.9 Å². The summed E-state index contributed by atoms with van der Waals surface area (Å²) < 4.78 is 0. The van der Waals surface area contributed by atoms with Crippen molar-refractivity contribution in [1.29, 1.82) is 0 Å². The number of fused-ring (bicyclic) bond motifs is 1. The number of benzene rings is 1. The lowest BCUT2D eigenvalue weighted by Crippen LogP contribution is -2.52. The SMILES string of the molecule is NC1CCC(N(CCN2CCNCC2)c2cccc3c2CN(C2CCC(=O)NC2=O)C3=O)CC1. The predicted molar refractivity (Wildman–Crippen MR) is 129 cm³/mol. The van der Waals surface area contributed by atoms with Gasteiger partial charge in [0.2, 0.25) is 11.8 Å². The van der Waals surface area contributed by atoms with Gasteiger partial charge in [0.1, 0.15) is 6.04 Å². The number of nitrogens with two attached hydrogens (primary N) is 1. The van der Waals surface area contributed by atoms with Crippen molar-refractivity contribution < 1.29 is 14.4 Å². The summed E-state index contributed by atoms with van der Waals surface area (Å²) in [5.74, 6) is -0.740. The number of anilines is 1. The predicted octanol–water partition coefficient (Wildman–Crippen LogP) is 0.429. The molecule has 9 nitrogen and oxygen atoms in total. The smallest absolute Gasteiger partial charge is 0.255 e. The number of amides is 3. The average Bonchev–Trinajstić information content (AvgIpc) is 3.18. The molecule has 184 valence electrons. The lowest BCUT2D eigenvalue weighted by atomic mass is 9.90. The molecule has 3 fully saturated rings. The van der Waals surface area contributed by atoms with E-state index in [-0.39, 0.29) is 30.2 Å². The van der Waals surface area contributed by atoms with Crippen molar-refractivity contribution in [3.05, 3.63) is 29.3 Å². The summed E-state index contributed by atoms with van der Waals surface area (Å²) in [6, 6.07) is 6.05. The second-order valence-electron chi connectivity index (χ2n) is 10.1. The molecule has 1 aromatic rings. The van der Waals surface area contributed by atoms with Gasteiger partial charge in [0.25, 0.3) is 5.91 Å². The van der Waals surface area contributed by atoms with Crippen LogP contribution in [0, 0.1) is 0 Å². The average molecular weight is 469 g/mol. The van der Waals surface area contributed by atoms with Gasteiger partial charge in [0.15, 0.2) is 0 Å². The van der Waals surface area contributed by atoms with E-state index in [0.29, 0.717) is 24.6 Å². The lowest BCUT2D eigenvalue weighted by molar-refractivity contribution is -0.136. The first kappa shape index (κ1) is 23.3. The Bertz CT molecular complexity index is 939. The van der Waals surface area contributed by atoms with Gasteiger partial charge in [-0.05, 0) is 44.2 Å². The minimum absolute atomic E-state index is 0.112. The maximum atomic E-state index is 13.3. The van der Waals surface area contributed by atoms with Gasteiger partial charge in [-0.3, -0.25) is 24.6 Å². The van der Waals surface area contributed by atoms with E-state index >= 15 is 0 Å². The summed E-state index contributed by atoms with van der Waals surface area (Å²) in [7, 11) is 0. The summed E-state index contributed by atoms with van der Waals surface area (Å²) in [6.07, 6.45) is 4.79. The highest BCUT2D eigenvalue weighted by atomic mass is 16.2. The first-order chi connectivity index (χ1) is 16.5. The van der Waals surface area contributed by atoms with E-state index in [1.165, 1.54) is 0 Å². The number of nitrogens with one attached hydrogen (secondary N) is 2. The number of piperidine rings is 1. The molecule has 3 aliphatic heterocycles. The van der Waals surface area contributed by atoms with Crippen LogP contribution < -0.4 is 21.3 Å². The van der Waals surface area contributed by atoms with E-state index in [4.69, 9.17) is 5.73 Å². The Kier molecular flexibility index (Phi) is 6.85. The largest absolute Gasteiger partial charge is 0.367 e. The Morgan fingerprint density at radius 2 is 1.79 bits per heavy atom. The van der Waals surface area contributed by atoms with E-state index in [9.17, 15) is 14.4 Å². The van der Waals surface area contributed by atoms with E-state index < -0.39 is 6.04 Å². The van der Waals surface area contributed by atoms with Crippen LogP contribution in [0.5, 0.6) is 0 Å². The van der Waals surface area contributed by atoms with Crippen LogP contribution in [0.2, 0.25) is 0 Å². The molecule has 4 aliphatic rings. The van der Waals surface area contributed by atoms with Crippen LogP contribution in [0.4, 0.5) is 5.69 Å². The zero-order chi connectivity index (χ0) is 23.7. The summed E-state index contributed by atoms with van der Waals surface area (Å²) in [5.41, 5.74) is 9.01. The standard InChI is InChI=1S/C25H36N6O3/c26-17-4-6-18(7-5-17)30(15-14-29-12-10-27-11-13-29)21-3-1-2-19-20(21)16-31(25(19)34)22-8-9-23(32)28-24(22)33/h1-3,17-18,22,27H,4-16,26H2,(H,28,32,33). The molecule has 2 saturated heterocycles. The molecule has 1 aromatic carbocycles. The fraction of sp³-hybridized carbons (Fsp3) is 0.640. The number of nitrogens with zero attached hydrogens (tertiary/aromatic N) is 3. The Morgan fingerprint density at radius 1 is 1.03 bits per heavy atom. The van der Waals surface area contributed by atoms with Crippen molar-refractivity contribution in [2.45, 2.75) is 63.2 Å². The van der Waals surface area contributed by atoms with Crippen molar-refractivity contribution in [2.75, 3.05) is 44.2 Å². The number of hydrogen-bond donors (Lipinski definition) is 3. The molecule has 0 bridgehead atoms. The first-order valence-electron chi connectivity index (χ1n) is 12.7. The Morgan fingerprint density at radius 3 is 2.53 bits per heavy atom. The zero-order valence-corrected chi connectivity index (χ0v) is 19.8. The minimum Gasteiger partial charge on any atom is -0.367 e. The first-order valence-corrected chi connectivity index (χ1v) is 12.7. The van der Waals surface area contributed by atoms with Crippen molar-refractivity contribution >= 4 is 23.4 Å². The fourth-order valence-corrected chi connectivity index (χ4v) is 5.94. The summed E-state index contributed by atoms with van der Waals surface area (Å²) in [4.78, 5) is 44.1. The van der Waals surface area contributed by atoms with E-state index in [1.807, 2.05) is 12.1 Å². The van der Waals surface area contributed by atoms with E-state index in [2.05, 4.69) is 26.5 Å². The molecular formula is C25H36N6O3. The quantitative estimate of drug-likeness (QED) is 0.519. The number of carbonyl (C=O) groups is 3. The summed E-state index contributed by atoms with van der Waals surface area (Å²) in [6.45, 7) is 6.45. The molecule has 1 atom stereocenters. The normalized spacial score (nSPS) is 28.1. The van der Waals surface area contributed by atoms with Gasteiger partial charge in [-0.15, -0.1) is 0 Å². The molecular weight excluding hydrogens is 432 g/mol. The second kappa shape index (κ2) is 10.0. The Hall–Kier alpha value is -2.49. The molecule has 1 unspecified atom stereocenters. The van der Waals surface area contributed by atoms with Gasteiger partial charge in [0, 0.05) is 81.1 Å². The Balaban J connectivity index is 1.40. The maximum Gasteiger partial charge on any atom is 0.255 e. The van der Waals surface area contributed by atoms with Crippen LogP contribution >= 0.6 is 0 Å². The van der Waals surface area contributed by atoms with Crippen LogP contribution in [0.1, 0.15) is 54.4 Å². The van der Waals surface area contributed by atoms with E-state index in [0.717, 1.165) is 76.2 Å². The molecule has 34 heavy (non-hydrogen) atoms. The molecule has 1 saturated carbocycles. The maximum absolute atomic E-state index is 13.3. The number of rotatable bonds is 6. The highest BCUT2D eigenvalue weighted by Crippen LogP contribution is 2.37. The molecule has 3 heterocycles. The van der Waals surface area contributed by atoms with Crippen LogP contribution in [0.15, 0.2) is 18.2 Å². The van der Waals surface area contributed by atoms with Crippen LogP contribution in [0.25, 0.3) is 0 Å². The third-order valence-corrected chi connectivity index (χ3v) is 7.92. The zero-order valence-electron chi connectivity index (χ0n) is 19.8. The molecule has 4 N–H and O–H groups in total. The van der Waals surface area contributed by atoms with Gasteiger partial charge in [-0.2, -0.15) is 0 Å². The van der Waals surface area contributed by atoms with E-state index in [1.54, 1.807) is 4.90 Å². The third-order valence-electron chi connectivity index (χ3n) is 7.92. The van der Waals surface area contributed by atoms with Crippen LogP contribution in [-0.4, -0.2) is 84.9 Å². The summed E-state index contributed by atoms with van der Waals surface area (Å²) >= 11 is 0. The number of piperazine rings is 1. The molecule has 3 amide bonds. The third kappa shape index (κ3) is 4.69. The van der Waals surface area contributed by atoms with Gasteiger partial charge >= 0.3 is 0 Å². The van der Waals surface area contributed by atoms with Gasteiger partial charge in [0.05, 0.1) is 0 Å². The second-order valence-corrected chi connectivity index (χ2v) is 10.1. The highest BCUT2D eigenvalue weighted by Gasteiger charge is 2.41. The van der Waals surface area contributed by atoms with Crippen molar-refractivity contribution in [3.63, 3.8) is 0 Å². The number of carbonyl (C=O) groups excluding carboxylic acids is 3. The minimum atomic E-state index is -0.590. The van der Waals surface area contributed by atoms with Crippen LogP contribution in [-0.2, 0) is 16.1 Å². The number of hydrogen-bond acceptors (Lipinski definition) is 7. The summed E-state index contributed by atoms with van der Waals surface area (Å²) in [5, 5.41) is 5.82. The monoisotopic (exact) mass is 468 g/mol. The van der Waals surface area contributed by atoms with Crippen molar-refractivity contribution in [2.24, 2.45) is 5.73 Å². The van der Waals surface area contributed by atoms with Crippen molar-refractivity contribution in [3.8, 4) is 0 Å². The lowest BCUT2D eigenvalue weighted by Gasteiger charge is -2.40. The Labute approximate surface area is 201 Å². The highest BCUT2D eigenvalue weighted by molar-refractivity contribution is 6.06.